The highest BCUT2D eigenvalue weighted by Crippen LogP contribution is 2.13. The maximum atomic E-state index is 6.27. The Balaban J connectivity index is 1.88. The Morgan fingerprint density at radius 1 is 1.58 bits per heavy atom. The predicted molar refractivity (Wildman–Crippen MR) is 80.1 cm³/mol. The van der Waals surface area contributed by atoms with E-state index in [2.05, 4.69) is 32.7 Å². The molecule has 0 saturated carbocycles. The normalized spacial score (nSPS) is 22.4. The van der Waals surface area contributed by atoms with Crippen molar-refractivity contribution in [3.05, 3.63) is 28.5 Å². The summed E-state index contributed by atoms with van der Waals surface area (Å²) in [7, 11) is 0. The van der Waals surface area contributed by atoms with Crippen molar-refractivity contribution in [2.45, 2.75) is 31.9 Å². The minimum atomic E-state index is 0.00771. The zero-order valence-corrected chi connectivity index (χ0v) is 13.0. The molecule has 1 fully saturated rings. The van der Waals surface area contributed by atoms with Gasteiger partial charge < -0.3 is 10.5 Å². The van der Waals surface area contributed by atoms with Crippen LogP contribution in [0.25, 0.3) is 0 Å². The lowest BCUT2D eigenvalue weighted by Crippen LogP contribution is -2.51. The number of pyridine rings is 1. The number of rotatable bonds is 5. The first-order chi connectivity index (χ1) is 9.19. The number of aromatic nitrogens is 1. The summed E-state index contributed by atoms with van der Waals surface area (Å²) in [5.41, 5.74) is 7.29. The molecule has 2 N–H and O–H groups in total. The molecular formula is C14H22BrN3O. The molecule has 106 valence electrons. The van der Waals surface area contributed by atoms with Crippen molar-refractivity contribution >= 4 is 15.9 Å². The van der Waals surface area contributed by atoms with Crippen molar-refractivity contribution in [3.8, 4) is 0 Å². The fourth-order valence-electron chi connectivity index (χ4n) is 2.41. The maximum absolute atomic E-state index is 6.27. The second-order valence-electron chi connectivity index (χ2n) is 5.05. The molecule has 2 atom stereocenters. The zero-order chi connectivity index (χ0) is 13.7. The molecule has 0 aromatic carbocycles. The summed E-state index contributed by atoms with van der Waals surface area (Å²) in [5.74, 6) is 0. The van der Waals surface area contributed by atoms with Gasteiger partial charge in [-0.05, 0) is 41.0 Å². The second kappa shape index (κ2) is 7.33. The summed E-state index contributed by atoms with van der Waals surface area (Å²) in [6, 6.07) is 4.02. The van der Waals surface area contributed by atoms with Crippen LogP contribution in [0.3, 0.4) is 0 Å². The average Bonchev–Trinajstić information content (AvgIpc) is 2.42. The number of halogens is 1. The third-order valence-electron chi connectivity index (χ3n) is 3.43. The van der Waals surface area contributed by atoms with Crippen LogP contribution in [0.15, 0.2) is 22.8 Å². The van der Waals surface area contributed by atoms with Crippen molar-refractivity contribution in [1.82, 2.24) is 9.88 Å². The van der Waals surface area contributed by atoms with Gasteiger partial charge in [-0.15, -0.1) is 0 Å². The fraction of sp³-hybridized carbons (Fsp3) is 0.643. The molecule has 1 saturated heterocycles. The quantitative estimate of drug-likeness (QED) is 0.896. The number of nitrogens with two attached hydrogens (primary N) is 1. The molecule has 2 heterocycles. The van der Waals surface area contributed by atoms with Crippen molar-refractivity contribution < 1.29 is 4.74 Å². The highest BCUT2D eigenvalue weighted by Gasteiger charge is 2.25. The lowest BCUT2D eigenvalue weighted by Gasteiger charge is -2.35. The van der Waals surface area contributed by atoms with E-state index in [1.54, 1.807) is 0 Å². The minimum absolute atomic E-state index is 0.00771. The van der Waals surface area contributed by atoms with Crippen LogP contribution in [0.1, 0.15) is 19.0 Å². The summed E-state index contributed by atoms with van der Waals surface area (Å²) in [4.78, 5) is 6.81. The van der Waals surface area contributed by atoms with Crippen LogP contribution >= 0.6 is 15.9 Å². The van der Waals surface area contributed by atoms with Crippen LogP contribution in [0, 0.1) is 0 Å². The lowest BCUT2D eigenvalue weighted by atomic mass is 10.0. The first kappa shape index (κ1) is 14.9. The molecule has 0 bridgehead atoms. The summed E-state index contributed by atoms with van der Waals surface area (Å²) in [5, 5.41) is 0. The summed E-state index contributed by atoms with van der Waals surface area (Å²) >= 11 is 3.39. The molecule has 5 heteroatoms. The molecule has 1 aromatic heterocycles. The van der Waals surface area contributed by atoms with Gasteiger partial charge in [-0.3, -0.25) is 9.88 Å². The topological polar surface area (TPSA) is 51.4 Å². The summed E-state index contributed by atoms with van der Waals surface area (Å²) in [6.45, 7) is 6.07. The van der Waals surface area contributed by atoms with Gasteiger partial charge in [0, 0.05) is 41.9 Å². The Morgan fingerprint density at radius 2 is 2.42 bits per heavy atom. The van der Waals surface area contributed by atoms with Crippen molar-refractivity contribution in [3.63, 3.8) is 0 Å². The fourth-order valence-corrected chi connectivity index (χ4v) is 2.64. The minimum Gasteiger partial charge on any atom is -0.374 e. The number of morpholine rings is 1. The van der Waals surface area contributed by atoms with Gasteiger partial charge in [-0.25, -0.2) is 0 Å². The SMILES string of the molecule is CCCN1CCOC(C(N)Cc2ccc(Br)cn2)C1. The van der Waals surface area contributed by atoms with E-state index in [9.17, 15) is 0 Å². The first-order valence-corrected chi connectivity index (χ1v) is 7.68. The largest absolute Gasteiger partial charge is 0.374 e. The van der Waals surface area contributed by atoms with Gasteiger partial charge in [0.15, 0.2) is 0 Å². The Labute approximate surface area is 123 Å². The Bertz CT molecular complexity index is 383. The molecule has 4 nitrogen and oxygen atoms in total. The van der Waals surface area contributed by atoms with Gasteiger partial charge in [-0.1, -0.05) is 6.92 Å². The molecule has 1 aliphatic rings. The zero-order valence-electron chi connectivity index (χ0n) is 11.4. The Kier molecular flexibility index (Phi) is 5.76. The second-order valence-corrected chi connectivity index (χ2v) is 5.96. The third-order valence-corrected chi connectivity index (χ3v) is 3.90. The molecule has 2 unspecified atom stereocenters. The average molecular weight is 328 g/mol. The molecule has 0 radical (unpaired) electrons. The Hall–Kier alpha value is -0.490. The molecule has 0 spiro atoms. The van der Waals surface area contributed by atoms with E-state index in [0.717, 1.165) is 42.8 Å². The van der Waals surface area contributed by atoms with E-state index in [0.29, 0.717) is 0 Å². The van der Waals surface area contributed by atoms with Crippen LogP contribution in [0.4, 0.5) is 0 Å². The van der Waals surface area contributed by atoms with E-state index in [1.807, 2.05) is 18.3 Å². The molecular weight excluding hydrogens is 306 g/mol. The van der Waals surface area contributed by atoms with Gasteiger partial charge in [-0.2, -0.15) is 0 Å². The van der Waals surface area contributed by atoms with E-state index < -0.39 is 0 Å². The highest BCUT2D eigenvalue weighted by atomic mass is 79.9. The van der Waals surface area contributed by atoms with Crippen molar-refractivity contribution in [2.24, 2.45) is 5.73 Å². The van der Waals surface area contributed by atoms with Crippen LogP contribution in [0.2, 0.25) is 0 Å². The number of nitrogens with zero attached hydrogens (tertiary/aromatic N) is 2. The smallest absolute Gasteiger partial charge is 0.0856 e. The van der Waals surface area contributed by atoms with Crippen LogP contribution in [-0.2, 0) is 11.2 Å². The van der Waals surface area contributed by atoms with Gasteiger partial charge in [0.2, 0.25) is 0 Å². The number of ether oxygens (including phenoxy) is 1. The number of hydrogen-bond donors (Lipinski definition) is 1. The monoisotopic (exact) mass is 327 g/mol. The molecule has 19 heavy (non-hydrogen) atoms. The third kappa shape index (κ3) is 4.53. The van der Waals surface area contributed by atoms with Crippen LogP contribution in [-0.4, -0.2) is 48.3 Å². The molecule has 2 rings (SSSR count). The summed E-state index contributed by atoms with van der Waals surface area (Å²) < 4.78 is 6.80. The van der Waals surface area contributed by atoms with E-state index >= 15 is 0 Å². The predicted octanol–water partition coefficient (Wildman–Crippen LogP) is 1.82. The molecule has 1 aliphatic heterocycles. The maximum Gasteiger partial charge on any atom is 0.0856 e. The van der Waals surface area contributed by atoms with Gasteiger partial charge in [0.25, 0.3) is 0 Å². The van der Waals surface area contributed by atoms with Crippen LogP contribution in [0.5, 0.6) is 0 Å². The number of hydrogen-bond acceptors (Lipinski definition) is 4. The van der Waals surface area contributed by atoms with Crippen molar-refractivity contribution in [1.29, 1.82) is 0 Å². The van der Waals surface area contributed by atoms with Crippen LogP contribution < -0.4 is 5.73 Å². The Morgan fingerprint density at radius 3 is 3.11 bits per heavy atom. The molecule has 0 aliphatic carbocycles. The van der Waals surface area contributed by atoms with E-state index in [1.165, 1.54) is 6.42 Å². The molecule has 0 amide bonds. The van der Waals surface area contributed by atoms with Gasteiger partial charge >= 0.3 is 0 Å². The highest BCUT2D eigenvalue weighted by molar-refractivity contribution is 9.10. The van der Waals surface area contributed by atoms with E-state index in [4.69, 9.17) is 10.5 Å². The molecule has 1 aromatic rings. The van der Waals surface area contributed by atoms with Crippen molar-refractivity contribution in [2.75, 3.05) is 26.2 Å². The summed E-state index contributed by atoms with van der Waals surface area (Å²) in [6.07, 6.45) is 3.87. The standard InChI is InChI=1S/C14H22BrN3O/c1-2-5-18-6-7-19-14(10-18)13(16)8-12-4-3-11(15)9-17-12/h3-4,9,13-14H,2,5-8,10,16H2,1H3. The first-order valence-electron chi connectivity index (χ1n) is 6.89. The van der Waals surface area contributed by atoms with Gasteiger partial charge in [0.05, 0.1) is 12.7 Å². The lowest BCUT2D eigenvalue weighted by molar-refractivity contribution is -0.0401. The van der Waals surface area contributed by atoms with E-state index in [-0.39, 0.29) is 12.1 Å². The van der Waals surface area contributed by atoms with Gasteiger partial charge in [0.1, 0.15) is 0 Å².